The molecule has 0 bridgehead atoms. The zero-order valence-corrected chi connectivity index (χ0v) is 17.0. The van der Waals surface area contributed by atoms with Crippen LogP contribution in [0.2, 0.25) is 0 Å². The Kier molecular flexibility index (Phi) is 7.62. The van der Waals surface area contributed by atoms with Gasteiger partial charge in [-0.25, -0.2) is 0 Å². The second-order valence-electron chi connectivity index (χ2n) is 6.99. The summed E-state index contributed by atoms with van der Waals surface area (Å²) >= 11 is 0. The maximum atomic E-state index is 12.2. The van der Waals surface area contributed by atoms with Crippen LogP contribution in [0.25, 0.3) is 0 Å². The molecule has 9 nitrogen and oxygen atoms in total. The predicted molar refractivity (Wildman–Crippen MR) is 112 cm³/mol. The molecular formula is C21H24N4O5. The third-order valence-corrected chi connectivity index (χ3v) is 4.29. The topological polar surface area (TPSA) is 130 Å². The van der Waals surface area contributed by atoms with Crippen LogP contribution in [0.15, 0.2) is 42.5 Å². The second kappa shape index (κ2) is 10.1. The lowest BCUT2D eigenvalue weighted by Crippen LogP contribution is -2.34. The number of carbonyl (C=O) groups is 3. The highest BCUT2D eigenvalue weighted by Gasteiger charge is 2.14. The number of nitro groups is 1. The van der Waals surface area contributed by atoms with Crippen LogP contribution in [-0.2, 0) is 4.79 Å². The largest absolute Gasteiger partial charge is 0.350 e. The number of hydrogen-bond acceptors (Lipinski definition) is 5. The van der Waals surface area contributed by atoms with Crippen LogP contribution in [0.3, 0.4) is 0 Å². The van der Waals surface area contributed by atoms with Crippen molar-refractivity contribution in [2.45, 2.75) is 20.8 Å². The molecule has 2 aromatic carbocycles. The number of benzene rings is 2. The van der Waals surface area contributed by atoms with E-state index in [0.717, 1.165) is 0 Å². The minimum atomic E-state index is -0.503. The van der Waals surface area contributed by atoms with Gasteiger partial charge in [-0.2, -0.15) is 0 Å². The number of aryl methyl sites for hydroxylation is 1. The van der Waals surface area contributed by atoms with Gasteiger partial charge in [-0.3, -0.25) is 24.5 Å². The minimum absolute atomic E-state index is 0.0476. The van der Waals surface area contributed by atoms with Gasteiger partial charge in [0.2, 0.25) is 5.91 Å². The molecule has 0 aliphatic rings. The van der Waals surface area contributed by atoms with Crippen LogP contribution in [0.5, 0.6) is 0 Å². The number of amides is 3. The van der Waals surface area contributed by atoms with E-state index >= 15 is 0 Å². The van der Waals surface area contributed by atoms with E-state index in [-0.39, 0.29) is 42.4 Å². The molecule has 3 amide bonds. The third kappa shape index (κ3) is 6.13. The van der Waals surface area contributed by atoms with Gasteiger partial charge in [0.05, 0.1) is 4.92 Å². The third-order valence-electron chi connectivity index (χ3n) is 4.29. The van der Waals surface area contributed by atoms with Gasteiger partial charge in [-0.15, -0.1) is 0 Å². The summed E-state index contributed by atoms with van der Waals surface area (Å²) < 4.78 is 0. The van der Waals surface area contributed by atoms with E-state index in [4.69, 9.17) is 0 Å². The monoisotopic (exact) mass is 412 g/mol. The molecule has 0 saturated heterocycles. The van der Waals surface area contributed by atoms with Gasteiger partial charge in [0.15, 0.2) is 0 Å². The van der Waals surface area contributed by atoms with E-state index in [9.17, 15) is 24.5 Å². The zero-order valence-electron chi connectivity index (χ0n) is 17.0. The van der Waals surface area contributed by atoms with Crippen molar-refractivity contribution in [3.05, 3.63) is 69.3 Å². The van der Waals surface area contributed by atoms with Gasteiger partial charge in [-0.05, 0) is 43.3 Å². The summed E-state index contributed by atoms with van der Waals surface area (Å²) in [4.78, 5) is 46.3. The summed E-state index contributed by atoms with van der Waals surface area (Å²) in [7, 11) is 0. The van der Waals surface area contributed by atoms with Gasteiger partial charge in [-0.1, -0.05) is 13.8 Å². The molecule has 30 heavy (non-hydrogen) atoms. The summed E-state index contributed by atoms with van der Waals surface area (Å²) in [5.74, 6) is -0.936. The maximum absolute atomic E-state index is 12.2. The first-order valence-corrected chi connectivity index (χ1v) is 9.41. The average Bonchev–Trinajstić information content (AvgIpc) is 2.70. The lowest BCUT2D eigenvalue weighted by molar-refractivity contribution is -0.385. The Balaban J connectivity index is 1.80. The van der Waals surface area contributed by atoms with Crippen LogP contribution in [0, 0.1) is 23.0 Å². The van der Waals surface area contributed by atoms with Gasteiger partial charge in [0, 0.05) is 47.5 Å². The highest BCUT2D eigenvalue weighted by atomic mass is 16.6. The van der Waals surface area contributed by atoms with Crippen molar-refractivity contribution in [1.29, 1.82) is 0 Å². The molecule has 9 heteroatoms. The van der Waals surface area contributed by atoms with Crippen LogP contribution in [0.1, 0.15) is 40.1 Å². The van der Waals surface area contributed by atoms with Crippen molar-refractivity contribution in [1.82, 2.24) is 10.6 Å². The van der Waals surface area contributed by atoms with Crippen molar-refractivity contribution in [3.8, 4) is 0 Å². The Morgan fingerprint density at radius 1 is 0.933 bits per heavy atom. The highest BCUT2D eigenvalue weighted by Crippen LogP contribution is 2.18. The van der Waals surface area contributed by atoms with Crippen molar-refractivity contribution in [2.24, 2.45) is 5.92 Å². The molecule has 3 N–H and O–H groups in total. The fraction of sp³-hybridized carbons (Fsp3) is 0.286. The molecule has 0 heterocycles. The molecule has 0 radical (unpaired) electrons. The van der Waals surface area contributed by atoms with Crippen LogP contribution in [0.4, 0.5) is 11.4 Å². The first-order chi connectivity index (χ1) is 14.2. The summed E-state index contributed by atoms with van der Waals surface area (Å²) in [6, 6.07) is 10.6. The summed E-state index contributed by atoms with van der Waals surface area (Å²) in [6.07, 6.45) is 0. The number of carbonyl (C=O) groups excluding carboxylic acids is 3. The lowest BCUT2D eigenvalue weighted by Gasteiger charge is -2.10. The quantitative estimate of drug-likeness (QED) is 0.349. The van der Waals surface area contributed by atoms with Gasteiger partial charge in [0.25, 0.3) is 17.5 Å². The Labute approximate surface area is 174 Å². The number of nitro benzene ring substituents is 1. The Morgan fingerprint density at radius 3 is 1.97 bits per heavy atom. The van der Waals surface area contributed by atoms with Crippen molar-refractivity contribution >= 4 is 29.1 Å². The van der Waals surface area contributed by atoms with Crippen LogP contribution < -0.4 is 16.0 Å². The molecule has 0 aliphatic carbocycles. The molecule has 0 spiro atoms. The van der Waals surface area contributed by atoms with E-state index in [1.807, 2.05) is 0 Å². The highest BCUT2D eigenvalue weighted by molar-refractivity contribution is 5.96. The van der Waals surface area contributed by atoms with Crippen molar-refractivity contribution < 1.29 is 19.3 Å². The summed E-state index contributed by atoms with van der Waals surface area (Å²) in [5, 5.41) is 18.9. The molecule has 0 unspecified atom stereocenters. The smallest absolute Gasteiger partial charge is 0.272 e. The Hall–Kier alpha value is -3.75. The molecule has 2 rings (SSSR count). The normalized spacial score (nSPS) is 10.4. The van der Waals surface area contributed by atoms with Crippen LogP contribution in [-0.4, -0.2) is 35.7 Å². The fourth-order valence-corrected chi connectivity index (χ4v) is 2.55. The van der Waals surface area contributed by atoms with E-state index in [1.54, 1.807) is 45.0 Å². The fourth-order valence-electron chi connectivity index (χ4n) is 2.55. The SMILES string of the molecule is Cc1cc(C(=O)NCCNC(=O)c2ccc(NC(=O)C(C)C)cc2)ccc1[N+](=O)[O-]. The summed E-state index contributed by atoms with van der Waals surface area (Å²) in [5.41, 5.74) is 1.69. The van der Waals surface area contributed by atoms with E-state index in [1.165, 1.54) is 18.2 Å². The zero-order chi connectivity index (χ0) is 22.3. The van der Waals surface area contributed by atoms with Gasteiger partial charge < -0.3 is 16.0 Å². The summed E-state index contributed by atoms with van der Waals surface area (Å²) in [6.45, 7) is 5.55. The maximum Gasteiger partial charge on any atom is 0.272 e. The van der Waals surface area contributed by atoms with E-state index in [0.29, 0.717) is 22.4 Å². The molecule has 0 aliphatic heterocycles. The minimum Gasteiger partial charge on any atom is -0.350 e. The molecule has 0 fully saturated rings. The molecule has 0 aromatic heterocycles. The number of rotatable bonds is 8. The van der Waals surface area contributed by atoms with Crippen molar-refractivity contribution in [3.63, 3.8) is 0 Å². The first kappa shape index (κ1) is 22.5. The molecular weight excluding hydrogens is 388 g/mol. The number of anilines is 1. The van der Waals surface area contributed by atoms with Gasteiger partial charge in [0.1, 0.15) is 0 Å². The number of nitrogens with one attached hydrogen (secondary N) is 3. The number of hydrogen-bond donors (Lipinski definition) is 3. The Bertz CT molecular complexity index is 954. The predicted octanol–water partition coefficient (Wildman–Crippen LogP) is 2.66. The first-order valence-electron chi connectivity index (χ1n) is 9.41. The van der Waals surface area contributed by atoms with E-state index < -0.39 is 4.92 Å². The van der Waals surface area contributed by atoms with Gasteiger partial charge >= 0.3 is 0 Å². The number of nitrogens with zero attached hydrogens (tertiary/aromatic N) is 1. The lowest BCUT2D eigenvalue weighted by atomic mass is 10.1. The molecule has 2 aromatic rings. The average molecular weight is 412 g/mol. The molecule has 0 atom stereocenters. The molecule has 158 valence electrons. The second-order valence-corrected chi connectivity index (χ2v) is 6.99. The van der Waals surface area contributed by atoms with E-state index in [2.05, 4.69) is 16.0 Å². The van der Waals surface area contributed by atoms with Crippen LogP contribution >= 0.6 is 0 Å². The Morgan fingerprint density at radius 2 is 1.47 bits per heavy atom. The molecule has 0 saturated carbocycles. The standard InChI is InChI=1S/C21H24N4O5/c1-13(2)19(26)24-17-7-4-15(5-8-17)20(27)22-10-11-23-21(28)16-6-9-18(25(29)30)14(3)12-16/h4-9,12-13H,10-11H2,1-3H3,(H,22,27)(H,23,28)(H,24,26). The van der Waals surface area contributed by atoms with Crippen molar-refractivity contribution in [2.75, 3.05) is 18.4 Å².